The van der Waals surface area contributed by atoms with Crippen LogP contribution in [0.5, 0.6) is 0 Å². The van der Waals surface area contributed by atoms with Crippen molar-refractivity contribution in [1.82, 2.24) is 10.2 Å². The molecule has 1 aliphatic rings. The summed E-state index contributed by atoms with van der Waals surface area (Å²) in [4.78, 5) is 42.5. The smallest absolute Gasteiger partial charge is 0.442 e. The maximum Gasteiger partial charge on any atom is 0.442 e. The molecule has 1 aliphatic heterocycles. The predicted molar refractivity (Wildman–Crippen MR) is 154 cm³/mol. The zero-order chi connectivity index (χ0) is 28.1. The van der Waals surface area contributed by atoms with Crippen LogP contribution in [-0.4, -0.2) is 40.4 Å². The van der Waals surface area contributed by atoms with Crippen molar-refractivity contribution in [2.45, 2.75) is 50.1 Å². The maximum absolute atomic E-state index is 13.5. The number of aromatic amines is 1. The number of para-hydroxylation sites is 1. The van der Waals surface area contributed by atoms with Gasteiger partial charge in [0, 0.05) is 36.6 Å². The molecule has 9 nitrogen and oxygen atoms in total. The van der Waals surface area contributed by atoms with Gasteiger partial charge in [0.1, 0.15) is 5.00 Å². The highest BCUT2D eigenvalue weighted by Gasteiger charge is 2.33. The number of esters is 1. The molecule has 2 aromatic carbocycles. The van der Waals surface area contributed by atoms with Gasteiger partial charge < -0.3 is 10.1 Å². The monoisotopic (exact) mass is 579 g/mol. The Bertz CT molecular complexity index is 1530. The quantitative estimate of drug-likeness (QED) is 0.161. The number of rotatable bonds is 10. The van der Waals surface area contributed by atoms with E-state index in [2.05, 4.69) is 27.6 Å². The molecule has 1 amide bonds. The van der Waals surface area contributed by atoms with E-state index in [1.165, 1.54) is 21.6 Å². The zero-order valence-electron chi connectivity index (χ0n) is 22.3. The Morgan fingerprint density at radius 1 is 1.15 bits per heavy atom. The van der Waals surface area contributed by atoms with Crippen LogP contribution in [0.15, 0.2) is 75.0 Å². The molecule has 0 radical (unpaired) electrons. The first-order valence-corrected chi connectivity index (χ1v) is 14.9. The second-order valence-corrected chi connectivity index (χ2v) is 11.6. The largest absolute Gasteiger partial charge is 0.462 e. The Hall–Kier alpha value is -3.67. The van der Waals surface area contributed by atoms with Crippen molar-refractivity contribution in [1.29, 1.82) is 0 Å². The van der Waals surface area contributed by atoms with Gasteiger partial charge in [0.15, 0.2) is 0 Å². The molecule has 0 bridgehead atoms. The van der Waals surface area contributed by atoms with Crippen LogP contribution in [0.25, 0.3) is 5.69 Å². The fraction of sp³-hybridized carbons (Fsp3) is 0.310. The molecule has 40 heavy (non-hydrogen) atoms. The summed E-state index contributed by atoms with van der Waals surface area (Å²) in [7, 11) is 0. The molecule has 4 aromatic rings. The number of anilines is 1. The van der Waals surface area contributed by atoms with E-state index in [0.29, 0.717) is 35.6 Å². The number of nitrogens with zero attached hydrogens (tertiary/aromatic N) is 2. The lowest BCUT2D eigenvalue weighted by Gasteiger charge is -2.27. The van der Waals surface area contributed by atoms with Gasteiger partial charge in [0.25, 0.3) is 0 Å². The second kappa shape index (κ2) is 12.7. The molecular weight excluding hydrogens is 548 g/mol. The number of amides is 1. The van der Waals surface area contributed by atoms with E-state index < -0.39 is 16.8 Å². The fourth-order valence-electron chi connectivity index (χ4n) is 4.70. The summed E-state index contributed by atoms with van der Waals surface area (Å²) < 4.78 is 12.0. The molecule has 5 rings (SSSR count). The summed E-state index contributed by atoms with van der Waals surface area (Å²) in [5.41, 5.74) is 2.76. The van der Waals surface area contributed by atoms with Gasteiger partial charge >= 0.3 is 16.6 Å². The van der Waals surface area contributed by atoms with E-state index >= 15 is 0 Å². The van der Waals surface area contributed by atoms with Gasteiger partial charge in [-0.25, -0.2) is 9.59 Å². The average Bonchev–Trinajstić information content (AvgIpc) is 3.51. The lowest BCUT2D eigenvalue weighted by Crippen LogP contribution is -2.37. The number of hydrogen-bond acceptors (Lipinski definition) is 8. The lowest BCUT2D eigenvalue weighted by atomic mass is 10.0. The van der Waals surface area contributed by atoms with Gasteiger partial charge in [-0.15, -0.1) is 11.3 Å². The number of aromatic nitrogens is 2. The first-order chi connectivity index (χ1) is 19.5. The highest BCUT2D eigenvalue weighted by molar-refractivity contribution is 8.00. The zero-order valence-corrected chi connectivity index (χ0v) is 24.0. The number of H-pyrrole nitrogens is 1. The SMILES string of the molecule is CCOC(=O)c1c(NC(=O)C(CC)Sc2c(=O)o[nH][n+]2-c2ccccc2)sc2c1CCN(Cc1ccccc1)C2. The third-order valence-corrected chi connectivity index (χ3v) is 9.18. The molecule has 1 unspecified atom stereocenters. The third-order valence-electron chi connectivity index (χ3n) is 6.64. The van der Waals surface area contributed by atoms with Gasteiger partial charge in [0.05, 0.1) is 17.4 Å². The summed E-state index contributed by atoms with van der Waals surface area (Å²) in [6.07, 6.45) is 1.15. The average molecular weight is 580 g/mol. The number of ether oxygens (including phenoxy) is 1. The summed E-state index contributed by atoms with van der Waals surface area (Å²) in [6.45, 7) is 6.19. The van der Waals surface area contributed by atoms with Crippen molar-refractivity contribution in [2.75, 3.05) is 18.5 Å². The van der Waals surface area contributed by atoms with Crippen molar-refractivity contribution >= 4 is 40.0 Å². The molecular formula is C29H31N4O5S2+. The molecule has 0 saturated carbocycles. The molecule has 1 atom stereocenters. The van der Waals surface area contributed by atoms with E-state index in [4.69, 9.17) is 9.26 Å². The van der Waals surface area contributed by atoms with Crippen LogP contribution in [0.3, 0.4) is 0 Å². The number of thioether (sulfide) groups is 1. The van der Waals surface area contributed by atoms with Crippen molar-refractivity contribution in [3.05, 3.63) is 92.7 Å². The summed E-state index contributed by atoms with van der Waals surface area (Å²) in [6, 6.07) is 19.5. The fourth-order valence-corrected chi connectivity index (χ4v) is 6.97. The van der Waals surface area contributed by atoms with Crippen molar-refractivity contribution in [3.63, 3.8) is 0 Å². The Kier molecular flexibility index (Phi) is 8.83. The highest BCUT2D eigenvalue weighted by Crippen LogP contribution is 2.38. The first kappa shape index (κ1) is 27.9. The van der Waals surface area contributed by atoms with E-state index in [-0.39, 0.29) is 17.5 Å². The van der Waals surface area contributed by atoms with Crippen LogP contribution < -0.4 is 15.6 Å². The van der Waals surface area contributed by atoms with Gasteiger partial charge in [0.2, 0.25) is 11.6 Å². The molecule has 0 saturated heterocycles. The van der Waals surface area contributed by atoms with E-state index in [1.807, 2.05) is 55.5 Å². The van der Waals surface area contributed by atoms with Crippen LogP contribution >= 0.6 is 23.1 Å². The van der Waals surface area contributed by atoms with Crippen LogP contribution in [0.1, 0.15) is 46.6 Å². The van der Waals surface area contributed by atoms with Crippen LogP contribution in [0.2, 0.25) is 0 Å². The van der Waals surface area contributed by atoms with Gasteiger partial charge in [-0.3, -0.25) is 14.2 Å². The predicted octanol–water partition coefficient (Wildman–Crippen LogP) is 4.55. The molecule has 0 fully saturated rings. The number of hydrogen-bond donors (Lipinski definition) is 2. The summed E-state index contributed by atoms with van der Waals surface area (Å²) in [5, 5.41) is 5.77. The van der Waals surface area contributed by atoms with Crippen LogP contribution in [-0.2, 0) is 29.0 Å². The van der Waals surface area contributed by atoms with E-state index in [9.17, 15) is 14.4 Å². The standard InChI is InChI=1S/C29H30N4O5S2/c1-3-22(40-27-29(36)38-31-33(27)20-13-9-6-10-14-20)25(34)30-26-24(28(35)37-4-2)21-15-16-32(18-23(21)39-26)17-19-11-7-5-8-12-19/h5-14,22H,3-4,15-18H2,1-2H3,(H-,30,31,34,35,36)/p+1. The number of carbonyl (C=O) groups is 2. The number of benzene rings is 2. The van der Waals surface area contributed by atoms with Gasteiger partial charge in [-0.2, -0.15) is 0 Å². The van der Waals surface area contributed by atoms with Crippen LogP contribution in [0, 0.1) is 0 Å². The Morgan fingerprint density at radius 2 is 1.88 bits per heavy atom. The van der Waals surface area contributed by atoms with Gasteiger partial charge in [-0.1, -0.05) is 55.5 Å². The molecule has 3 heterocycles. The molecule has 0 spiro atoms. The molecule has 2 aromatic heterocycles. The van der Waals surface area contributed by atoms with Crippen molar-refractivity contribution < 1.29 is 23.5 Å². The first-order valence-electron chi connectivity index (χ1n) is 13.2. The number of thiophene rings is 1. The van der Waals surface area contributed by atoms with Crippen LogP contribution in [0.4, 0.5) is 5.00 Å². The summed E-state index contributed by atoms with van der Waals surface area (Å²) >= 11 is 2.55. The highest BCUT2D eigenvalue weighted by atomic mass is 32.2. The second-order valence-electron chi connectivity index (χ2n) is 9.34. The molecule has 0 aliphatic carbocycles. The number of carbonyl (C=O) groups excluding carboxylic acids is 2. The minimum Gasteiger partial charge on any atom is -0.462 e. The van der Waals surface area contributed by atoms with E-state index in [1.54, 1.807) is 6.92 Å². The number of nitrogens with one attached hydrogen (secondary N) is 2. The van der Waals surface area contributed by atoms with Gasteiger partial charge in [-0.05, 0) is 52.6 Å². The van der Waals surface area contributed by atoms with Crippen molar-refractivity contribution in [3.8, 4) is 5.69 Å². The normalized spacial score (nSPS) is 13.9. The third kappa shape index (κ3) is 6.06. The lowest BCUT2D eigenvalue weighted by molar-refractivity contribution is -0.704. The number of fused-ring (bicyclic) bond motifs is 1. The molecule has 2 N–H and O–H groups in total. The summed E-state index contributed by atoms with van der Waals surface area (Å²) in [5.74, 6) is -0.723. The minimum absolute atomic E-state index is 0.243. The van der Waals surface area contributed by atoms with Crippen molar-refractivity contribution in [2.24, 2.45) is 0 Å². The Morgan fingerprint density at radius 3 is 2.58 bits per heavy atom. The molecule has 11 heteroatoms. The maximum atomic E-state index is 13.5. The molecule has 208 valence electrons. The minimum atomic E-state index is -0.600. The topological polar surface area (TPSA) is 109 Å². The Labute approximate surface area is 240 Å². The van der Waals surface area contributed by atoms with E-state index in [0.717, 1.165) is 35.3 Å². The Balaban J connectivity index is 1.38.